The molecule has 7 nitrogen and oxygen atoms in total. The van der Waals surface area contributed by atoms with E-state index in [9.17, 15) is 14.7 Å². The molecule has 1 amide bonds. The Morgan fingerprint density at radius 3 is 2.75 bits per heavy atom. The first-order valence-corrected chi connectivity index (χ1v) is 4.98. The molecule has 0 aromatic carbocycles. The molecule has 0 radical (unpaired) electrons. The van der Waals surface area contributed by atoms with Crippen molar-refractivity contribution in [3.05, 3.63) is 0 Å². The highest BCUT2D eigenvalue weighted by Crippen LogP contribution is 2.16. The normalized spacial score (nSPS) is 26.4. The van der Waals surface area contributed by atoms with Crippen molar-refractivity contribution in [2.45, 2.75) is 24.5 Å². The van der Waals surface area contributed by atoms with Crippen LogP contribution >= 0.6 is 0 Å². The first kappa shape index (κ1) is 12.9. The quantitative estimate of drug-likeness (QED) is 0.437. The number of carbonyl (C=O) groups is 2. The van der Waals surface area contributed by atoms with Crippen LogP contribution < -0.4 is 11.1 Å². The Morgan fingerprint density at radius 1 is 1.56 bits per heavy atom. The van der Waals surface area contributed by atoms with Crippen molar-refractivity contribution in [3.63, 3.8) is 0 Å². The molecule has 1 aliphatic rings. The topological polar surface area (TPSA) is 122 Å². The number of carboxylic acid groups (broad SMARTS) is 1. The summed E-state index contributed by atoms with van der Waals surface area (Å²) in [5, 5.41) is 20.7. The van der Waals surface area contributed by atoms with Crippen molar-refractivity contribution >= 4 is 11.9 Å². The summed E-state index contributed by atoms with van der Waals surface area (Å²) in [5.41, 5.74) is 4.28. The van der Waals surface area contributed by atoms with Gasteiger partial charge in [0.05, 0.1) is 19.1 Å². The Bertz CT molecular complexity index is 275. The lowest BCUT2D eigenvalue weighted by Crippen LogP contribution is -2.49. The highest BCUT2D eigenvalue weighted by molar-refractivity contribution is 5.85. The second-order valence-corrected chi connectivity index (χ2v) is 3.95. The van der Waals surface area contributed by atoms with E-state index in [2.05, 4.69) is 5.32 Å². The van der Waals surface area contributed by atoms with E-state index in [1.807, 2.05) is 0 Å². The smallest absolute Gasteiger partial charge is 0.305 e. The van der Waals surface area contributed by atoms with Gasteiger partial charge in [-0.2, -0.15) is 0 Å². The number of hydrogen-bond donors (Lipinski definition) is 4. The van der Waals surface area contributed by atoms with Gasteiger partial charge < -0.3 is 26.0 Å². The predicted molar refractivity (Wildman–Crippen MR) is 53.6 cm³/mol. The van der Waals surface area contributed by atoms with Crippen molar-refractivity contribution < 1.29 is 24.5 Å². The minimum Gasteiger partial charge on any atom is -0.481 e. The Labute approximate surface area is 92.6 Å². The number of nitrogens with one attached hydrogen (secondary N) is 1. The second-order valence-electron chi connectivity index (χ2n) is 3.95. The molecule has 0 saturated carbocycles. The summed E-state index contributed by atoms with van der Waals surface area (Å²) in [7, 11) is 0. The third-order valence-electron chi connectivity index (χ3n) is 2.41. The van der Waals surface area contributed by atoms with Gasteiger partial charge in [-0.25, -0.2) is 0 Å². The Hall–Kier alpha value is -1.18. The summed E-state index contributed by atoms with van der Waals surface area (Å²) in [5.74, 6) is -1.71. The molecule has 1 heterocycles. The number of nitrogens with two attached hydrogens (primary N) is 1. The monoisotopic (exact) mass is 232 g/mol. The van der Waals surface area contributed by atoms with Gasteiger partial charge in [0.25, 0.3) is 0 Å². The van der Waals surface area contributed by atoms with Crippen LogP contribution in [0.3, 0.4) is 0 Å². The molecule has 1 fully saturated rings. The molecule has 1 aliphatic heterocycles. The Kier molecular flexibility index (Phi) is 4.22. The van der Waals surface area contributed by atoms with E-state index in [1.165, 1.54) is 0 Å². The Balaban J connectivity index is 2.31. The van der Waals surface area contributed by atoms with Gasteiger partial charge >= 0.3 is 5.97 Å². The van der Waals surface area contributed by atoms with Crippen molar-refractivity contribution in [2.24, 2.45) is 5.73 Å². The van der Waals surface area contributed by atoms with Crippen LogP contribution in [0.4, 0.5) is 0 Å². The van der Waals surface area contributed by atoms with Crippen molar-refractivity contribution in [3.8, 4) is 0 Å². The Morgan fingerprint density at radius 2 is 2.25 bits per heavy atom. The maximum atomic E-state index is 11.3. The van der Waals surface area contributed by atoms with E-state index in [4.69, 9.17) is 15.6 Å². The molecule has 16 heavy (non-hydrogen) atoms. The zero-order chi connectivity index (χ0) is 12.2. The van der Waals surface area contributed by atoms with E-state index in [1.54, 1.807) is 0 Å². The van der Waals surface area contributed by atoms with Crippen LogP contribution in [0.15, 0.2) is 0 Å². The molecule has 0 aromatic heterocycles. The number of hydrogen-bond acceptors (Lipinski definition) is 5. The number of carboxylic acids is 1. The molecule has 0 aromatic rings. The highest BCUT2D eigenvalue weighted by Gasteiger charge is 2.33. The number of rotatable bonds is 5. The fraction of sp³-hybridized carbons (Fsp3) is 0.778. The SMILES string of the molecule is NC(CC(=O)O)C(=O)NCC1(O)CCOC1. The van der Waals surface area contributed by atoms with Crippen LogP contribution in [-0.2, 0) is 14.3 Å². The van der Waals surface area contributed by atoms with Gasteiger partial charge in [0.15, 0.2) is 0 Å². The van der Waals surface area contributed by atoms with Crippen molar-refractivity contribution in [1.82, 2.24) is 5.32 Å². The van der Waals surface area contributed by atoms with Crippen molar-refractivity contribution in [2.75, 3.05) is 19.8 Å². The summed E-state index contributed by atoms with van der Waals surface area (Å²) in [6.07, 6.45) is 0.0161. The first-order valence-electron chi connectivity index (χ1n) is 4.98. The largest absolute Gasteiger partial charge is 0.481 e. The summed E-state index contributed by atoms with van der Waals surface area (Å²) in [6, 6.07) is -1.09. The van der Waals surface area contributed by atoms with Crippen LogP contribution in [0.5, 0.6) is 0 Å². The lowest BCUT2D eigenvalue weighted by atomic mass is 10.0. The molecule has 92 valence electrons. The molecule has 0 spiro atoms. The fourth-order valence-electron chi connectivity index (χ4n) is 1.40. The van der Waals surface area contributed by atoms with Gasteiger partial charge in [-0.15, -0.1) is 0 Å². The van der Waals surface area contributed by atoms with Gasteiger partial charge in [-0.3, -0.25) is 9.59 Å². The molecule has 5 N–H and O–H groups in total. The number of carbonyl (C=O) groups excluding carboxylic acids is 1. The zero-order valence-electron chi connectivity index (χ0n) is 8.81. The molecule has 7 heteroatoms. The third-order valence-corrected chi connectivity index (χ3v) is 2.41. The summed E-state index contributed by atoms with van der Waals surface area (Å²) in [6.45, 7) is 0.647. The molecule has 2 atom stereocenters. The highest BCUT2D eigenvalue weighted by atomic mass is 16.5. The summed E-state index contributed by atoms with van der Waals surface area (Å²) in [4.78, 5) is 21.6. The lowest BCUT2D eigenvalue weighted by molar-refractivity contribution is -0.139. The average molecular weight is 232 g/mol. The average Bonchev–Trinajstić information content (AvgIpc) is 2.61. The molecule has 2 unspecified atom stereocenters. The lowest BCUT2D eigenvalue weighted by Gasteiger charge is -2.21. The molecule has 1 rings (SSSR count). The summed E-state index contributed by atoms with van der Waals surface area (Å²) >= 11 is 0. The van der Waals surface area contributed by atoms with Crippen LogP contribution in [0.1, 0.15) is 12.8 Å². The zero-order valence-corrected chi connectivity index (χ0v) is 8.81. The maximum absolute atomic E-state index is 11.3. The van der Waals surface area contributed by atoms with Crippen LogP contribution in [0.2, 0.25) is 0 Å². The molecule has 0 bridgehead atoms. The standard InChI is InChI=1S/C9H16N2O5/c10-6(3-7(12)13)8(14)11-4-9(15)1-2-16-5-9/h6,15H,1-5,10H2,(H,11,14)(H,12,13). The van der Waals surface area contributed by atoms with E-state index < -0.39 is 29.9 Å². The fourth-order valence-corrected chi connectivity index (χ4v) is 1.40. The first-order chi connectivity index (χ1) is 7.43. The molecular weight excluding hydrogens is 216 g/mol. The number of amides is 1. The minimum absolute atomic E-state index is 0.0269. The second kappa shape index (κ2) is 5.24. The van der Waals surface area contributed by atoms with Gasteiger partial charge in [-0.05, 0) is 0 Å². The van der Waals surface area contributed by atoms with Gasteiger partial charge in [0.1, 0.15) is 5.60 Å². The predicted octanol–water partition coefficient (Wildman–Crippen LogP) is -1.94. The van der Waals surface area contributed by atoms with Gasteiger partial charge in [-0.1, -0.05) is 0 Å². The van der Waals surface area contributed by atoms with Crippen LogP contribution in [-0.4, -0.2) is 53.5 Å². The van der Waals surface area contributed by atoms with Crippen molar-refractivity contribution in [1.29, 1.82) is 0 Å². The molecule has 0 aliphatic carbocycles. The summed E-state index contributed by atoms with van der Waals surface area (Å²) < 4.78 is 4.99. The van der Waals surface area contributed by atoms with E-state index in [-0.39, 0.29) is 13.2 Å². The van der Waals surface area contributed by atoms with Gasteiger partial charge in [0, 0.05) is 19.6 Å². The van der Waals surface area contributed by atoms with E-state index in [0.717, 1.165) is 0 Å². The third kappa shape index (κ3) is 3.76. The number of aliphatic hydroxyl groups is 1. The van der Waals surface area contributed by atoms with Gasteiger partial charge in [0.2, 0.25) is 5.91 Å². The van der Waals surface area contributed by atoms with Crippen LogP contribution in [0.25, 0.3) is 0 Å². The molecular formula is C9H16N2O5. The number of aliphatic carboxylic acids is 1. The van der Waals surface area contributed by atoms with E-state index >= 15 is 0 Å². The van der Waals surface area contributed by atoms with Crippen LogP contribution in [0, 0.1) is 0 Å². The van der Waals surface area contributed by atoms with E-state index in [0.29, 0.717) is 13.0 Å². The maximum Gasteiger partial charge on any atom is 0.305 e. The number of ether oxygens (including phenoxy) is 1. The molecule has 1 saturated heterocycles. The minimum atomic E-state index is -1.13.